The molecular formula is C31H30ClN3O4S. The van der Waals surface area contributed by atoms with E-state index in [0.29, 0.717) is 28.6 Å². The number of carbonyl (C=O) groups excluding carboxylic acids is 1. The van der Waals surface area contributed by atoms with Crippen molar-refractivity contribution in [3.63, 3.8) is 0 Å². The number of ether oxygens (including phenoxy) is 1. The summed E-state index contributed by atoms with van der Waals surface area (Å²) in [4.78, 5) is 12.9. The molecule has 4 rings (SSSR count). The van der Waals surface area contributed by atoms with Gasteiger partial charge in [-0.1, -0.05) is 65.2 Å². The molecule has 0 spiro atoms. The third kappa shape index (κ3) is 7.28. The molecule has 0 saturated heterocycles. The number of nitrogens with one attached hydrogen (secondary N) is 1. The van der Waals surface area contributed by atoms with Gasteiger partial charge < -0.3 is 4.74 Å². The van der Waals surface area contributed by atoms with E-state index in [1.54, 1.807) is 37.3 Å². The molecule has 40 heavy (non-hydrogen) atoms. The molecule has 0 heterocycles. The number of nitrogens with zero attached hydrogens (tertiary/aromatic N) is 2. The van der Waals surface area contributed by atoms with Gasteiger partial charge in [0.15, 0.2) is 0 Å². The number of hydrogen-bond acceptors (Lipinski definition) is 5. The van der Waals surface area contributed by atoms with Gasteiger partial charge in [-0.2, -0.15) is 5.10 Å². The van der Waals surface area contributed by atoms with Crippen LogP contribution in [0.2, 0.25) is 5.02 Å². The van der Waals surface area contributed by atoms with Crippen LogP contribution in [0, 0.1) is 20.8 Å². The highest BCUT2D eigenvalue weighted by Crippen LogP contribution is 2.30. The van der Waals surface area contributed by atoms with Crippen LogP contribution in [0.15, 0.2) is 101 Å². The summed E-state index contributed by atoms with van der Waals surface area (Å²) in [6.07, 6.45) is 1.48. The van der Waals surface area contributed by atoms with Gasteiger partial charge in [-0.25, -0.2) is 13.8 Å². The Kier molecular flexibility index (Phi) is 9.24. The molecule has 4 aromatic rings. The first-order chi connectivity index (χ1) is 19.1. The average Bonchev–Trinajstić information content (AvgIpc) is 2.94. The number of carbonyl (C=O) groups is 1. The molecule has 0 aliphatic rings. The van der Waals surface area contributed by atoms with Crippen molar-refractivity contribution in [2.45, 2.75) is 32.3 Å². The minimum atomic E-state index is -4.07. The molecule has 0 radical (unpaired) electrons. The third-order valence-electron chi connectivity index (χ3n) is 6.21. The Hall–Kier alpha value is -4.14. The molecule has 206 valence electrons. The van der Waals surface area contributed by atoms with Crippen molar-refractivity contribution in [2.75, 3.05) is 10.8 Å². The summed E-state index contributed by atoms with van der Waals surface area (Å²) in [6, 6.07) is 26.8. The Morgan fingerprint density at radius 2 is 1.52 bits per heavy atom. The summed E-state index contributed by atoms with van der Waals surface area (Å²) in [7, 11) is -4.07. The second kappa shape index (κ2) is 12.8. The molecule has 1 amide bonds. The standard InChI is InChI=1S/C31H30ClN3O4S/c1-22-7-11-26(12-8-22)21-39-27-15-13-25(14-16-27)19-33-34-31(36)20-35(30-6-4-5-29(32)24(30)3)40(37,38)28-17-9-23(2)10-18-28/h4-19H,20-21H2,1-3H3,(H,34,36)/b33-19-. The zero-order chi connectivity index (χ0) is 28.7. The fourth-order valence-electron chi connectivity index (χ4n) is 3.85. The van der Waals surface area contributed by atoms with Crippen molar-refractivity contribution in [1.82, 2.24) is 5.43 Å². The number of hydrazone groups is 1. The van der Waals surface area contributed by atoms with Gasteiger partial charge in [0, 0.05) is 5.02 Å². The molecule has 0 bridgehead atoms. The van der Waals surface area contributed by atoms with Gasteiger partial charge in [0.05, 0.1) is 16.8 Å². The summed E-state index contributed by atoms with van der Waals surface area (Å²) in [5.74, 6) is 0.0972. The van der Waals surface area contributed by atoms with Crippen LogP contribution in [0.3, 0.4) is 0 Å². The van der Waals surface area contributed by atoms with Gasteiger partial charge >= 0.3 is 0 Å². The molecule has 0 fully saturated rings. The van der Waals surface area contributed by atoms with Crippen LogP contribution in [0.1, 0.15) is 27.8 Å². The molecule has 0 unspecified atom stereocenters. The number of rotatable bonds is 10. The molecule has 0 atom stereocenters. The van der Waals surface area contributed by atoms with E-state index < -0.39 is 22.5 Å². The van der Waals surface area contributed by atoms with Gasteiger partial charge in [-0.05, 0) is 86.0 Å². The second-order valence-electron chi connectivity index (χ2n) is 9.35. The SMILES string of the molecule is Cc1ccc(COc2ccc(/C=N\NC(=O)CN(c3cccc(Cl)c3C)S(=O)(=O)c3ccc(C)cc3)cc2)cc1. The summed E-state index contributed by atoms with van der Waals surface area (Å²) >= 11 is 6.28. The number of anilines is 1. The normalized spacial score (nSPS) is 11.4. The number of aryl methyl sites for hydroxylation is 2. The smallest absolute Gasteiger partial charge is 0.264 e. The minimum Gasteiger partial charge on any atom is -0.489 e. The molecule has 0 aliphatic carbocycles. The Balaban J connectivity index is 1.43. The molecule has 7 nitrogen and oxygen atoms in total. The maximum atomic E-state index is 13.6. The van der Waals surface area contributed by atoms with Gasteiger partial charge in [0.1, 0.15) is 18.9 Å². The van der Waals surface area contributed by atoms with Crippen LogP contribution < -0.4 is 14.5 Å². The first kappa shape index (κ1) is 28.9. The van der Waals surface area contributed by atoms with Crippen molar-refractivity contribution < 1.29 is 17.9 Å². The largest absolute Gasteiger partial charge is 0.489 e. The van der Waals surface area contributed by atoms with Crippen LogP contribution >= 0.6 is 11.6 Å². The topological polar surface area (TPSA) is 88.1 Å². The molecule has 9 heteroatoms. The highest BCUT2D eigenvalue weighted by Gasteiger charge is 2.28. The van der Waals surface area contributed by atoms with Crippen molar-refractivity contribution in [3.8, 4) is 5.75 Å². The fourth-order valence-corrected chi connectivity index (χ4v) is 5.50. The lowest BCUT2D eigenvalue weighted by molar-refractivity contribution is -0.119. The van der Waals surface area contributed by atoms with Crippen molar-refractivity contribution in [2.24, 2.45) is 5.10 Å². The van der Waals surface area contributed by atoms with Gasteiger partial charge in [-0.15, -0.1) is 0 Å². The van der Waals surface area contributed by atoms with E-state index in [4.69, 9.17) is 16.3 Å². The number of halogens is 1. The lowest BCUT2D eigenvalue weighted by Gasteiger charge is -2.25. The Morgan fingerprint density at radius 1 is 0.900 bits per heavy atom. The van der Waals surface area contributed by atoms with E-state index in [-0.39, 0.29) is 4.90 Å². The van der Waals surface area contributed by atoms with Crippen LogP contribution in [-0.4, -0.2) is 27.1 Å². The molecule has 0 aliphatic heterocycles. The highest BCUT2D eigenvalue weighted by atomic mass is 35.5. The van der Waals surface area contributed by atoms with Crippen molar-refractivity contribution >= 4 is 39.4 Å². The number of benzene rings is 4. The molecule has 0 saturated carbocycles. The highest BCUT2D eigenvalue weighted by molar-refractivity contribution is 7.92. The first-order valence-corrected chi connectivity index (χ1v) is 14.4. The van der Waals surface area contributed by atoms with E-state index in [1.807, 2.05) is 62.4 Å². The maximum absolute atomic E-state index is 13.6. The van der Waals surface area contributed by atoms with E-state index in [0.717, 1.165) is 21.0 Å². The van der Waals surface area contributed by atoms with Crippen molar-refractivity contribution in [1.29, 1.82) is 0 Å². The van der Waals surface area contributed by atoms with Gasteiger partial charge in [0.2, 0.25) is 0 Å². The van der Waals surface area contributed by atoms with Crippen LogP contribution in [-0.2, 0) is 21.4 Å². The van der Waals surface area contributed by atoms with E-state index in [2.05, 4.69) is 10.5 Å². The van der Waals surface area contributed by atoms with E-state index in [1.165, 1.54) is 23.9 Å². The number of amides is 1. The lowest BCUT2D eigenvalue weighted by Crippen LogP contribution is -2.40. The minimum absolute atomic E-state index is 0.0680. The predicted molar refractivity (Wildman–Crippen MR) is 160 cm³/mol. The quantitative estimate of drug-likeness (QED) is 0.180. The average molecular weight is 576 g/mol. The van der Waals surface area contributed by atoms with Crippen LogP contribution in [0.5, 0.6) is 5.75 Å². The van der Waals surface area contributed by atoms with E-state index in [9.17, 15) is 13.2 Å². The Bertz CT molecular complexity index is 1600. The molecule has 1 N–H and O–H groups in total. The zero-order valence-corrected chi connectivity index (χ0v) is 24.0. The van der Waals surface area contributed by atoms with Gasteiger partial charge in [-0.3, -0.25) is 9.10 Å². The van der Waals surface area contributed by atoms with Gasteiger partial charge in [0.25, 0.3) is 15.9 Å². The summed E-state index contributed by atoms with van der Waals surface area (Å²) in [6.45, 7) is 5.58. The second-order valence-corrected chi connectivity index (χ2v) is 11.6. The third-order valence-corrected chi connectivity index (χ3v) is 8.40. The van der Waals surface area contributed by atoms with E-state index >= 15 is 0 Å². The summed E-state index contributed by atoms with van der Waals surface area (Å²) < 4.78 is 34.0. The Morgan fingerprint density at radius 3 is 2.17 bits per heavy atom. The fraction of sp³-hybridized carbons (Fsp3) is 0.161. The lowest BCUT2D eigenvalue weighted by atomic mass is 10.2. The first-order valence-electron chi connectivity index (χ1n) is 12.6. The summed E-state index contributed by atoms with van der Waals surface area (Å²) in [5, 5.41) is 4.41. The molecule has 0 aromatic heterocycles. The Labute approximate surface area is 240 Å². The number of sulfonamides is 1. The zero-order valence-electron chi connectivity index (χ0n) is 22.5. The van der Waals surface area contributed by atoms with Crippen LogP contribution in [0.4, 0.5) is 5.69 Å². The summed E-state index contributed by atoms with van der Waals surface area (Å²) in [5.41, 5.74) is 7.20. The predicted octanol–water partition coefficient (Wildman–Crippen LogP) is 6.19. The van der Waals surface area contributed by atoms with Crippen molar-refractivity contribution in [3.05, 3.63) is 124 Å². The number of hydrogen-bond donors (Lipinski definition) is 1. The maximum Gasteiger partial charge on any atom is 0.264 e. The molecular weight excluding hydrogens is 546 g/mol. The monoisotopic (exact) mass is 575 g/mol. The van der Waals surface area contributed by atoms with Crippen LogP contribution in [0.25, 0.3) is 0 Å². The molecule has 4 aromatic carbocycles.